The molecule has 0 rings (SSSR count). The van der Waals surface area contributed by atoms with Crippen LogP contribution in [0.3, 0.4) is 0 Å². The van der Waals surface area contributed by atoms with E-state index in [-0.39, 0.29) is 17.7 Å². The van der Waals surface area contributed by atoms with E-state index in [9.17, 15) is 8.42 Å². The van der Waals surface area contributed by atoms with Crippen LogP contribution < -0.4 is 10.5 Å². The molecule has 0 unspecified atom stereocenters. The number of hydrogen-bond donors (Lipinski definition) is 2. The van der Waals surface area contributed by atoms with Crippen molar-refractivity contribution in [1.82, 2.24) is 4.72 Å². The maximum absolute atomic E-state index is 11.2. The Kier molecular flexibility index (Phi) is 4.88. The standard InChI is InChI=1S/C8H20N2O2S/c1-4-8(2,3)7-10-13(11,12)6-5-9/h10H,4-7,9H2,1-3H3. The molecule has 0 aromatic heterocycles. The molecule has 0 aromatic rings. The van der Waals surface area contributed by atoms with Gasteiger partial charge in [-0.15, -0.1) is 0 Å². The minimum atomic E-state index is -3.15. The fourth-order valence-corrected chi connectivity index (χ4v) is 1.72. The molecule has 0 atom stereocenters. The number of nitrogens with one attached hydrogen (secondary N) is 1. The lowest BCUT2D eigenvalue weighted by Gasteiger charge is -2.22. The summed E-state index contributed by atoms with van der Waals surface area (Å²) in [5, 5.41) is 0. The smallest absolute Gasteiger partial charge is 0.212 e. The van der Waals surface area contributed by atoms with Crippen LogP contribution in [0.5, 0.6) is 0 Å². The van der Waals surface area contributed by atoms with Gasteiger partial charge in [-0.1, -0.05) is 20.8 Å². The Labute approximate surface area is 80.9 Å². The van der Waals surface area contributed by atoms with Crippen LogP contribution in [0.2, 0.25) is 0 Å². The second-order valence-electron chi connectivity index (χ2n) is 3.95. The topological polar surface area (TPSA) is 72.2 Å². The van der Waals surface area contributed by atoms with E-state index in [1.807, 2.05) is 20.8 Å². The second kappa shape index (κ2) is 4.93. The molecule has 0 saturated heterocycles. The molecule has 0 aliphatic carbocycles. The van der Waals surface area contributed by atoms with Gasteiger partial charge in [0.2, 0.25) is 10.0 Å². The molecule has 0 amide bonds. The molecule has 0 spiro atoms. The third kappa shape index (κ3) is 6.01. The zero-order valence-electron chi connectivity index (χ0n) is 8.63. The molecule has 0 heterocycles. The third-order valence-corrected chi connectivity index (χ3v) is 3.47. The van der Waals surface area contributed by atoms with Crippen LogP contribution in [0, 0.1) is 5.41 Å². The maximum atomic E-state index is 11.2. The van der Waals surface area contributed by atoms with Crippen molar-refractivity contribution in [2.24, 2.45) is 11.1 Å². The molecule has 4 nitrogen and oxygen atoms in total. The summed E-state index contributed by atoms with van der Waals surface area (Å²) >= 11 is 0. The highest BCUT2D eigenvalue weighted by Gasteiger charge is 2.18. The van der Waals surface area contributed by atoms with Crippen molar-refractivity contribution in [1.29, 1.82) is 0 Å². The Hall–Kier alpha value is -0.130. The number of rotatable bonds is 6. The highest BCUT2D eigenvalue weighted by molar-refractivity contribution is 7.89. The normalized spacial score (nSPS) is 13.2. The highest BCUT2D eigenvalue weighted by atomic mass is 32.2. The summed E-state index contributed by atoms with van der Waals surface area (Å²) in [7, 11) is -3.15. The van der Waals surface area contributed by atoms with Gasteiger partial charge in [0.15, 0.2) is 0 Å². The lowest BCUT2D eigenvalue weighted by atomic mass is 9.91. The van der Waals surface area contributed by atoms with E-state index in [0.717, 1.165) is 6.42 Å². The quantitative estimate of drug-likeness (QED) is 0.659. The Bertz CT molecular complexity index is 235. The molecule has 0 fully saturated rings. The van der Waals surface area contributed by atoms with Crippen LogP contribution in [0.25, 0.3) is 0 Å². The first-order valence-electron chi connectivity index (χ1n) is 4.50. The molecule has 5 heteroatoms. The van der Waals surface area contributed by atoms with E-state index in [1.165, 1.54) is 0 Å². The molecule has 80 valence electrons. The molecular formula is C8H20N2O2S. The lowest BCUT2D eigenvalue weighted by molar-refractivity contribution is 0.350. The van der Waals surface area contributed by atoms with E-state index in [4.69, 9.17) is 5.73 Å². The SMILES string of the molecule is CCC(C)(C)CNS(=O)(=O)CCN. The zero-order chi connectivity index (χ0) is 10.5. The fourth-order valence-electron chi connectivity index (χ4n) is 0.658. The van der Waals surface area contributed by atoms with Crippen LogP contribution in [0.4, 0.5) is 0 Å². The average Bonchev–Trinajstić information content (AvgIpc) is 2.02. The monoisotopic (exact) mass is 208 g/mol. The van der Waals surface area contributed by atoms with Gasteiger partial charge in [-0.3, -0.25) is 0 Å². The molecule has 0 bridgehead atoms. The van der Waals surface area contributed by atoms with E-state index in [2.05, 4.69) is 4.72 Å². The molecule has 13 heavy (non-hydrogen) atoms. The minimum absolute atomic E-state index is 0.00674. The summed E-state index contributed by atoms with van der Waals surface area (Å²) in [4.78, 5) is 0. The maximum Gasteiger partial charge on any atom is 0.212 e. The summed E-state index contributed by atoms with van der Waals surface area (Å²) in [5.74, 6) is 0.00674. The highest BCUT2D eigenvalue weighted by Crippen LogP contribution is 2.17. The van der Waals surface area contributed by atoms with E-state index >= 15 is 0 Å². The number of sulfonamides is 1. The Balaban J connectivity index is 4.02. The van der Waals surface area contributed by atoms with Gasteiger partial charge in [0.25, 0.3) is 0 Å². The van der Waals surface area contributed by atoms with Crippen LogP contribution in [0.1, 0.15) is 27.2 Å². The van der Waals surface area contributed by atoms with Gasteiger partial charge >= 0.3 is 0 Å². The van der Waals surface area contributed by atoms with Gasteiger partial charge in [-0.05, 0) is 11.8 Å². The van der Waals surface area contributed by atoms with Crippen LogP contribution >= 0.6 is 0 Å². The van der Waals surface area contributed by atoms with E-state index in [0.29, 0.717) is 6.54 Å². The molecule has 0 aliphatic heterocycles. The van der Waals surface area contributed by atoms with Crippen molar-refractivity contribution < 1.29 is 8.42 Å². The van der Waals surface area contributed by atoms with Crippen molar-refractivity contribution in [2.45, 2.75) is 27.2 Å². The van der Waals surface area contributed by atoms with Gasteiger partial charge < -0.3 is 5.73 Å². The van der Waals surface area contributed by atoms with Gasteiger partial charge in [0, 0.05) is 13.1 Å². The summed E-state index contributed by atoms with van der Waals surface area (Å²) < 4.78 is 24.9. The summed E-state index contributed by atoms with van der Waals surface area (Å²) in [5.41, 5.74) is 5.18. The van der Waals surface area contributed by atoms with Crippen molar-refractivity contribution >= 4 is 10.0 Å². The molecule has 0 saturated carbocycles. The molecular weight excluding hydrogens is 188 g/mol. The van der Waals surface area contributed by atoms with Gasteiger partial charge in [-0.25, -0.2) is 13.1 Å². The van der Waals surface area contributed by atoms with Crippen molar-refractivity contribution in [3.63, 3.8) is 0 Å². The zero-order valence-corrected chi connectivity index (χ0v) is 9.45. The Morgan fingerprint density at radius 1 is 1.38 bits per heavy atom. The van der Waals surface area contributed by atoms with Crippen LogP contribution in [-0.4, -0.2) is 27.3 Å². The fraction of sp³-hybridized carbons (Fsp3) is 1.00. The third-order valence-electron chi connectivity index (χ3n) is 2.11. The molecule has 0 aromatic carbocycles. The van der Waals surface area contributed by atoms with E-state index in [1.54, 1.807) is 0 Å². The molecule has 3 N–H and O–H groups in total. The summed E-state index contributed by atoms with van der Waals surface area (Å²) in [6.45, 7) is 6.74. The van der Waals surface area contributed by atoms with Crippen molar-refractivity contribution in [3.05, 3.63) is 0 Å². The van der Waals surface area contributed by atoms with Crippen molar-refractivity contribution in [2.75, 3.05) is 18.8 Å². The number of nitrogens with two attached hydrogens (primary N) is 1. The van der Waals surface area contributed by atoms with Gasteiger partial charge in [-0.2, -0.15) is 0 Å². The molecule has 0 radical (unpaired) electrons. The minimum Gasteiger partial charge on any atom is -0.329 e. The Morgan fingerprint density at radius 3 is 2.31 bits per heavy atom. The first-order chi connectivity index (χ1) is 5.83. The largest absolute Gasteiger partial charge is 0.329 e. The number of hydrogen-bond acceptors (Lipinski definition) is 3. The summed E-state index contributed by atoms with van der Waals surface area (Å²) in [6, 6.07) is 0. The lowest BCUT2D eigenvalue weighted by Crippen LogP contribution is -2.36. The van der Waals surface area contributed by atoms with Crippen LogP contribution in [-0.2, 0) is 10.0 Å². The summed E-state index contributed by atoms with van der Waals surface area (Å²) in [6.07, 6.45) is 0.943. The first kappa shape index (κ1) is 12.9. The predicted molar refractivity (Wildman–Crippen MR) is 54.9 cm³/mol. The van der Waals surface area contributed by atoms with Crippen LogP contribution in [0.15, 0.2) is 0 Å². The average molecular weight is 208 g/mol. The first-order valence-corrected chi connectivity index (χ1v) is 6.15. The molecule has 0 aliphatic rings. The Morgan fingerprint density at radius 2 is 1.92 bits per heavy atom. The van der Waals surface area contributed by atoms with E-state index < -0.39 is 10.0 Å². The van der Waals surface area contributed by atoms with Gasteiger partial charge in [0.05, 0.1) is 5.75 Å². The van der Waals surface area contributed by atoms with Crippen molar-refractivity contribution in [3.8, 4) is 0 Å². The van der Waals surface area contributed by atoms with Gasteiger partial charge in [0.1, 0.15) is 0 Å². The second-order valence-corrected chi connectivity index (χ2v) is 5.87. The predicted octanol–water partition coefficient (Wildman–Crippen LogP) is 0.301.